The van der Waals surface area contributed by atoms with E-state index in [2.05, 4.69) is 26.1 Å². The summed E-state index contributed by atoms with van der Waals surface area (Å²) < 4.78 is 15.9. The van der Waals surface area contributed by atoms with Crippen molar-refractivity contribution in [3.05, 3.63) is 48.0 Å². The largest absolute Gasteiger partial charge is 0.497 e. The molecule has 0 radical (unpaired) electrons. The second-order valence-corrected chi connectivity index (χ2v) is 6.68. The van der Waals surface area contributed by atoms with Crippen LogP contribution >= 0.6 is 0 Å². The van der Waals surface area contributed by atoms with Gasteiger partial charge in [0.15, 0.2) is 6.61 Å². The van der Waals surface area contributed by atoms with Crippen LogP contribution in [0.4, 0.5) is 5.69 Å². The van der Waals surface area contributed by atoms with Gasteiger partial charge in [0.2, 0.25) is 0 Å². The highest BCUT2D eigenvalue weighted by atomic mass is 16.5. The summed E-state index contributed by atoms with van der Waals surface area (Å²) in [4.78, 5) is 12.1. The Hall–Kier alpha value is -2.69. The number of carbonyl (C=O) groups is 1. The van der Waals surface area contributed by atoms with Gasteiger partial charge < -0.3 is 19.5 Å². The first-order valence-corrected chi connectivity index (χ1v) is 8.08. The van der Waals surface area contributed by atoms with Crippen LogP contribution in [0.25, 0.3) is 0 Å². The molecule has 25 heavy (non-hydrogen) atoms. The number of nitrogens with one attached hydrogen (secondary N) is 1. The van der Waals surface area contributed by atoms with Crippen molar-refractivity contribution < 1.29 is 19.0 Å². The molecule has 0 saturated heterocycles. The lowest BCUT2D eigenvalue weighted by atomic mass is 9.87. The maximum Gasteiger partial charge on any atom is 0.262 e. The molecule has 2 aromatic carbocycles. The standard InChI is InChI=1S/C20H25NO4/c1-20(2,3)14-6-8-15(9-7-14)25-13-19(22)21-17-11-10-16(23-4)12-18(17)24-5/h6-12H,13H2,1-5H3,(H,21,22). The van der Waals surface area contributed by atoms with Crippen LogP contribution in [-0.2, 0) is 10.2 Å². The van der Waals surface area contributed by atoms with Crippen molar-refractivity contribution in [3.63, 3.8) is 0 Å². The van der Waals surface area contributed by atoms with E-state index in [4.69, 9.17) is 14.2 Å². The maximum absolute atomic E-state index is 12.1. The first kappa shape index (κ1) is 18.6. The van der Waals surface area contributed by atoms with E-state index in [1.54, 1.807) is 25.3 Å². The lowest BCUT2D eigenvalue weighted by Gasteiger charge is -2.19. The van der Waals surface area contributed by atoms with E-state index in [1.165, 1.54) is 12.7 Å². The molecule has 1 N–H and O–H groups in total. The van der Waals surface area contributed by atoms with E-state index < -0.39 is 0 Å². The average Bonchev–Trinajstić information content (AvgIpc) is 2.60. The molecule has 0 spiro atoms. The van der Waals surface area contributed by atoms with Crippen LogP contribution in [0, 0.1) is 0 Å². The van der Waals surface area contributed by atoms with Gasteiger partial charge in [0.1, 0.15) is 17.2 Å². The first-order chi connectivity index (χ1) is 11.8. The Morgan fingerprint density at radius 2 is 1.60 bits per heavy atom. The number of carbonyl (C=O) groups excluding carboxylic acids is 1. The van der Waals surface area contributed by atoms with Crippen LogP contribution in [0.5, 0.6) is 17.2 Å². The first-order valence-electron chi connectivity index (χ1n) is 8.08. The Morgan fingerprint density at radius 3 is 2.16 bits per heavy atom. The number of ether oxygens (including phenoxy) is 3. The van der Waals surface area contributed by atoms with Crippen LogP contribution in [0.1, 0.15) is 26.3 Å². The van der Waals surface area contributed by atoms with Crippen molar-refractivity contribution in [2.75, 3.05) is 26.1 Å². The summed E-state index contributed by atoms with van der Waals surface area (Å²) in [6.07, 6.45) is 0. The number of hydrogen-bond donors (Lipinski definition) is 1. The Balaban J connectivity index is 1.95. The molecule has 5 heteroatoms. The van der Waals surface area contributed by atoms with Crippen molar-refractivity contribution in [1.29, 1.82) is 0 Å². The number of hydrogen-bond acceptors (Lipinski definition) is 4. The molecule has 0 aliphatic rings. The molecule has 0 aliphatic heterocycles. The minimum Gasteiger partial charge on any atom is -0.497 e. The molecule has 2 aromatic rings. The topological polar surface area (TPSA) is 56.8 Å². The molecule has 0 atom stereocenters. The summed E-state index contributed by atoms with van der Waals surface area (Å²) in [5.41, 5.74) is 1.87. The molecule has 0 bridgehead atoms. The highest BCUT2D eigenvalue weighted by Crippen LogP contribution is 2.29. The third-order valence-corrected chi connectivity index (χ3v) is 3.77. The Morgan fingerprint density at radius 1 is 0.960 bits per heavy atom. The van der Waals surface area contributed by atoms with E-state index in [0.29, 0.717) is 22.9 Å². The summed E-state index contributed by atoms with van der Waals surface area (Å²) in [7, 11) is 3.11. The fourth-order valence-corrected chi connectivity index (χ4v) is 2.29. The van der Waals surface area contributed by atoms with Crippen LogP contribution < -0.4 is 19.5 Å². The summed E-state index contributed by atoms with van der Waals surface area (Å²) in [6, 6.07) is 13.0. The van der Waals surface area contributed by atoms with Gasteiger partial charge in [-0.25, -0.2) is 0 Å². The van der Waals surface area contributed by atoms with Crippen LogP contribution in [0.3, 0.4) is 0 Å². The fourth-order valence-electron chi connectivity index (χ4n) is 2.29. The van der Waals surface area contributed by atoms with Crippen molar-refractivity contribution in [1.82, 2.24) is 0 Å². The minimum absolute atomic E-state index is 0.0793. The molecule has 0 unspecified atom stereocenters. The van der Waals surface area contributed by atoms with Gasteiger partial charge in [-0.3, -0.25) is 4.79 Å². The lowest BCUT2D eigenvalue weighted by Crippen LogP contribution is -2.20. The smallest absolute Gasteiger partial charge is 0.262 e. The van der Waals surface area contributed by atoms with E-state index in [9.17, 15) is 4.79 Å². The van der Waals surface area contributed by atoms with Gasteiger partial charge in [-0.2, -0.15) is 0 Å². The fraction of sp³-hybridized carbons (Fsp3) is 0.350. The van der Waals surface area contributed by atoms with Crippen molar-refractivity contribution in [3.8, 4) is 17.2 Å². The molecular formula is C20H25NO4. The van der Waals surface area contributed by atoms with Crippen LogP contribution in [0.2, 0.25) is 0 Å². The predicted octanol–water partition coefficient (Wildman–Crippen LogP) is 4.02. The number of rotatable bonds is 6. The summed E-state index contributed by atoms with van der Waals surface area (Å²) in [5, 5.41) is 2.77. The third-order valence-electron chi connectivity index (χ3n) is 3.77. The predicted molar refractivity (Wildman–Crippen MR) is 98.8 cm³/mol. The molecular weight excluding hydrogens is 318 g/mol. The van der Waals surface area contributed by atoms with Gasteiger partial charge in [0, 0.05) is 6.07 Å². The molecule has 134 valence electrons. The van der Waals surface area contributed by atoms with Crippen molar-refractivity contribution in [2.45, 2.75) is 26.2 Å². The van der Waals surface area contributed by atoms with Gasteiger partial charge >= 0.3 is 0 Å². The third kappa shape index (κ3) is 5.14. The van der Waals surface area contributed by atoms with E-state index in [0.717, 1.165) is 0 Å². The van der Waals surface area contributed by atoms with E-state index >= 15 is 0 Å². The molecule has 2 rings (SSSR count). The van der Waals surface area contributed by atoms with Crippen LogP contribution in [0.15, 0.2) is 42.5 Å². The van der Waals surface area contributed by atoms with E-state index in [1.807, 2.05) is 24.3 Å². The zero-order chi connectivity index (χ0) is 18.4. The molecule has 0 aliphatic carbocycles. The molecule has 0 fully saturated rings. The van der Waals surface area contributed by atoms with Gasteiger partial charge in [-0.1, -0.05) is 32.9 Å². The minimum atomic E-state index is -0.261. The van der Waals surface area contributed by atoms with Gasteiger partial charge in [-0.05, 0) is 35.2 Å². The SMILES string of the molecule is COc1ccc(NC(=O)COc2ccc(C(C)(C)C)cc2)c(OC)c1. The molecule has 0 heterocycles. The number of benzene rings is 2. The zero-order valence-corrected chi connectivity index (χ0v) is 15.4. The Kier molecular flexibility index (Phi) is 5.91. The monoisotopic (exact) mass is 343 g/mol. The van der Waals surface area contributed by atoms with Gasteiger partial charge in [-0.15, -0.1) is 0 Å². The number of anilines is 1. The molecule has 1 amide bonds. The van der Waals surface area contributed by atoms with Crippen molar-refractivity contribution in [2.24, 2.45) is 0 Å². The normalized spacial score (nSPS) is 10.9. The molecule has 5 nitrogen and oxygen atoms in total. The summed E-state index contributed by atoms with van der Waals surface area (Å²) >= 11 is 0. The van der Waals surface area contributed by atoms with Gasteiger partial charge in [0.05, 0.1) is 19.9 Å². The maximum atomic E-state index is 12.1. The number of amides is 1. The van der Waals surface area contributed by atoms with Crippen LogP contribution in [-0.4, -0.2) is 26.7 Å². The highest BCUT2D eigenvalue weighted by molar-refractivity contribution is 5.93. The highest BCUT2D eigenvalue weighted by Gasteiger charge is 2.13. The molecule has 0 aromatic heterocycles. The number of methoxy groups -OCH3 is 2. The second kappa shape index (κ2) is 7.92. The van der Waals surface area contributed by atoms with E-state index in [-0.39, 0.29) is 17.9 Å². The average molecular weight is 343 g/mol. The Labute approximate surface area is 148 Å². The Bertz CT molecular complexity index is 717. The quantitative estimate of drug-likeness (QED) is 0.861. The van der Waals surface area contributed by atoms with Gasteiger partial charge in [0.25, 0.3) is 5.91 Å². The molecule has 0 saturated carbocycles. The van der Waals surface area contributed by atoms with Crippen molar-refractivity contribution >= 4 is 11.6 Å². The summed E-state index contributed by atoms with van der Waals surface area (Å²) in [5.74, 6) is 1.58. The second-order valence-electron chi connectivity index (χ2n) is 6.68. The lowest BCUT2D eigenvalue weighted by molar-refractivity contribution is -0.118. The summed E-state index contributed by atoms with van der Waals surface area (Å²) in [6.45, 7) is 6.37. The zero-order valence-electron chi connectivity index (χ0n) is 15.4.